The van der Waals surface area contributed by atoms with Crippen LogP contribution >= 0.6 is 11.6 Å². The van der Waals surface area contributed by atoms with E-state index in [1.807, 2.05) is 0 Å². The Morgan fingerprint density at radius 1 is 1.16 bits per heavy atom. The maximum atomic E-state index is 11.4. The Bertz CT molecular complexity index is 430. The third-order valence-electron chi connectivity index (χ3n) is 1.96. The van der Waals surface area contributed by atoms with Crippen molar-refractivity contribution in [3.05, 3.63) is 47.5 Å². The summed E-state index contributed by atoms with van der Waals surface area (Å²) < 4.78 is 4.74. The number of carbonyl (C=O) groups excluding carboxylic acids is 2. The van der Waals surface area contributed by atoms with Crippen molar-refractivity contribution in [2.24, 2.45) is 0 Å². The summed E-state index contributed by atoms with van der Waals surface area (Å²) in [5.74, 6) is -1.10. The van der Waals surface area contributed by atoms with Crippen molar-refractivity contribution in [3.8, 4) is 0 Å². The lowest BCUT2D eigenvalue weighted by Crippen LogP contribution is -2.09. The molecule has 0 amide bonds. The van der Waals surface area contributed by atoms with E-state index in [-0.39, 0.29) is 13.2 Å². The standard InChI is InChI=1S/C13H13ClO5/c14-8-7-12(15)17-9-4-10-18-19-13(16)11-5-2-1-3-6-11/h1-3,5-8H,4,9-10H2. The van der Waals surface area contributed by atoms with Gasteiger partial charge in [0.1, 0.15) is 0 Å². The second kappa shape index (κ2) is 9.13. The second-order valence-corrected chi connectivity index (χ2v) is 3.62. The molecule has 0 atom stereocenters. The van der Waals surface area contributed by atoms with Gasteiger partial charge in [-0.1, -0.05) is 29.8 Å². The van der Waals surface area contributed by atoms with Gasteiger partial charge in [0.2, 0.25) is 0 Å². The lowest BCUT2D eigenvalue weighted by atomic mass is 10.2. The molecule has 0 aromatic heterocycles. The van der Waals surface area contributed by atoms with Crippen LogP contribution in [-0.2, 0) is 19.3 Å². The van der Waals surface area contributed by atoms with Crippen molar-refractivity contribution in [2.75, 3.05) is 13.2 Å². The van der Waals surface area contributed by atoms with Crippen molar-refractivity contribution < 1.29 is 24.1 Å². The van der Waals surface area contributed by atoms with E-state index >= 15 is 0 Å². The molecule has 6 heteroatoms. The Morgan fingerprint density at radius 2 is 1.89 bits per heavy atom. The Kier molecular flexibility index (Phi) is 7.31. The van der Waals surface area contributed by atoms with Gasteiger partial charge in [0.05, 0.1) is 18.8 Å². The predicted octanol–water partition coefficient (Wildman–Crippen LogP) is 2.46. The minimum Gasteiger partial charge on any atom is -0.462 e. The number of esters is 1. The molecular weight excluding hydrogens is 272 g/mol. The quantitative estimate of drug-likeness (QED) is 0.253. The molecule has 0 aliphatic heterocycles. The average Bonchev–Trinajstić information content (AvgIpc) is 2.43. The number of hydrogen-bond acceptors (Lipinski definition) is 5. The fourth-order valence-electron chi connectivity index (χ4n) is 1.11. The first kappa shape index (κ1) is 15.2. The molecule has 0 unspecified atom stereocenters. The first-order valence-electron chi connectivity index (χ1n) is 5.56. The van der Waals surface area contributed by atoms with Crippen LogP contribution in [0.3, 0.4) is 0 Å². The van der Waals surface area contributed by atoms with E-state index in [1.165, 1.54) is 0 Å². The first-order chi connectivity index (χ1) is 9.24. The van der Waals surface area contributed by atoms with Crippen molar-refractivity contribution in [3.63, 3.8) is 0 Å². The highest BCUT2D eigenvalue weighted by molar-refractivity contribution is 6.26. The molecule has 1 rings (SSSR count). The molecule has 19 heavy (non-hydrogen) atoms. The van der Waals surface area contributed by atoms with Crippen LogP contribution in [0, 0.1) is 0 Å². The van der Waals surface area contributed by atoms with Crippen LogP contribution in [0.5, 0.6) is 0 Å². The normalized spacial score (nSPS) is 10.4. The van der Waals surface area contributed by atoms with Gasteiger partial charge in [0.25, 0.3) is 0 Å². The van der Waals surface area contributed by atoms with E-state index in [2.05, 4.69) is 4.89 Å². The molecular formula is C13H13ClO5. The van der Waals surface area contributed by atoms with Gasteiger partial charge < -0.3 is 4.74 Å². The van der Waals surface area contributed by atoms with Gasteiger partial charge in [-0.25, -0.2) is 9.59 Å². The summed E-state index contributed by atoms with van der Waals surface area (Å²) in [6.45, 7) is 0.291. The summed E-state index contributed by atoms with van der Waals surface area (Å²) >= 11 is 5.19. The van der Waals surface area contributed by atoms with E-state index < -0.39 is 11.9 Å². The highest BCUT2D eigenvalue weighted by Crippen LogP contribution is 2.01. The van der Waals surface area contributed by atoms with Crippen molar-refractivity contribution in [2.45, 2.75) is 6.42 Å². The maximum absolute atomic E-state index is 11.4. The Morgan fingerprint density at radius 3 is 2.58 bits per heavy atom. The van der Waals surface area contributed by atoms with Crippen molar-refractivity contribution in [1.82, 2.24) is 0 Å². The SMILES string of the molecule is O=C(C=CCl)OCCCOOC(=O)c1ccccc1. The van der Waals surface area contributed by atoms with Crippen LogP contribution in [0.4, 0.5) is 0 Å². The second-order valence-electron chi connectivity index (χ2n) is 3.37. The first-order valence-corrected chi connectivity index (χ1v) is 6.00. The number of rotatable bonds is 7. The molecule has 0 spiro atoms. The monoisotopic (exact) mass is 284 g/mol. The molecule has 102 valence electrons. The van der Waals surface area contributed by atoms with Gasteiger partial charge in [-0.15, -0.1) is 0 Å². The fraction of sp³-hybridized carbons (Fsp3) is 0.231. The van der Waals surface area contributed by atoms with Crippen LogP contribution in [0.15, 0.2) is 41.9 Å². The van der Waals surface area contributed by atoms with E-state index in [1.54, 1.807) is 30.3 Å². The number of halogens is 1. The summed E-state index contributed by atoms with van der Waals surface area (Å²) in [5.41, 5.74) is 1.47. The van der Waals surface area contributed by atoms with E-state index in [9.17, 15) is 9.59 Å². The molecule has 0 aliphatic carbocycles. The van der Waals surface area contributed by atoms with Gasteiger partial charge in [-0.3, -0.25) is 4.89 Å². The smallest absolute Gasteiger partial charge is 0.373 e. The van der Waals surface area contributed by atoms with Crippen molar-refractivity contribution >= 4 is 23.5 Å². The zero-order valence-corrected chi connectivity index (χ0v) is 10.8. The lowest BCUT2D eigenvalue weighted by molar-refractivity contribution is -0.242. The van der Waals surface area contributed by atoms with Gasteiger partial charge >= 0.3 is 11.9 Å². The van der Waals surface area contributed by atoms with Gasteiger partial charge in [-0.05, 0) is 12.1 Å². The lowest BCUT2D eigenvalue weighted by Gasteiger charge is -2.04. The minimum atomic E-state index is -0.567. The van der Waals surface area contributed by atoms with Gasteiger partial charge in [0.15, 0.2) is 0 Å². The molecule has 0 fully saturated rings. The number of ether oxygens (including phenoxy) is 1. The maximum Gasteiger partial charge on any atom is 0.373 e. The molecule has 0 saturated heterocycles. The largest absolute Gasteiger partial charge is 0.462 e. The molecule has 0 radical (unpaired) electrons. The Balaban J connectivity index is 2.08. The molecule has 0 aliphatic rings. The van der Waals surface area contributed by atoms with Crippen LogP contribution < -0.4 is 0 Å². The number of carbonyl (C=O) groups is 2. The highest BCUT2D eigenvalue weighted by Gasteiger charge is 2.06. The Labute approximate surface area is 115 Å². The average molecular weight is 285 g/mol. The zero-order chi connectivity index (χ0) is 13.9. The summed E-state index contributed by atoms with van der Waals surface area (Å²) in [6.07, 6.45) is 1.50. The zero-order valence-electron chi connectivity index (χ0n) is 10.1. The molecule has 0 heterocycles. The third-order valence-corrected chi connectivity index (χ3v) is 2.09. The third kappa shape index (κ3) is 6.59. The van der Waals surface area contributed by atoms with E-state index in [0.29, 0.717) is 12.0 Å². The molecule has 1 aromatic rings. The Hall–Kier alpha value is -1.85. The number of benzene rings is 1. The van der Waals surface area contributed by atoms with Crippen LogP contribution in [0.2, 0.25) is 0 Å². The van der Waals surface area contributed by atoms with Gasteiger partial charge in [0, 0.05) is 18.0 Å². The molecule has 0 saturated carbocycles. The summed E-state index contributed by atoms with van der Waals surface area (Å²) in [5, 5.41) is 0. The predicted molar refractivity (Wildman–Crippen MR) is 68.4 cm³/mol. The van der Waals surface area contributed by atoms with Crippen molar-refractivity contribution in [1.29, 1.82) is 0 Å². The highest BCUT2D eigenvalue weighted by atomic mass is 35.5. The van der Waals surface area contributed by atoms with E-state index in [4.69, 9.17) is 21.2 Å². The topological polar surface area (TPSA) is 61.8 Å². The van der Waals surface area contributed by atoms with Gasteiger partial charge in [-0.2, -0.15) is 4.89 Å². The molecule has 1 aromatic carbocycles. The molecule has 0 N–H and O–H groups in total. The van der Waals surface area contributed by atoms with Crippen LogP contribution in [0.25, 0.3) is 0 Å². The number of hydrogen-bond donors (Lipinski definition) is 0. The summed E-state index contributed by atoms with van der Waals surface area (Å²) in [7, 11) is 0. The molecule has 0 bridgehead atoms. The van der Waals surface area contributed by atoms with Crippen LogP contribution in [0.1, 0.15) is 16.8 Å². The summed E-state index contributed by atoms with van der Waals surface area (Å²) in [4.78, 5) is 31.5. The minimum absolute atomic E-state index is 0.135. The fourth-order valence-corrected chi connectivity index (χ4v) is 1.21. The summed E-state index contributed by atoms with van der Waals surface area (Å²) in [6, 6.07) is 8.47. The van der Waals surface area contributed by atoms with E-state index in [0.717, 1.165) is 11.6 Å². The van der Waals surface area contributed by atoms with Crippen LogP contribution in [-0.4, -0.2) is 25.2 Å². The molecule has 5 nitrogen and oxygen atoms in total.